The number of thiazole rings is 1. The van der Waals surface area contributed by atoms with Gasteiger partial charge in [-0.25, -0.2) is 9.97 Å². The number of carbonyl (C=O) groups is 1. The summed E-state index contributed by atoms with van der Waals surface area (Å²) in [5, 5.41) is 18.5. The van der Waals surface area contributed by atoms with Crippen molar-refractivity contribution < 1.29 is 14.2 Å². The number of hydrogen-bond acceptors (Lipinski definition) is 9. The predicted molar refractivity (Wildman–Crippen MR) is 119 cm³/mol. The van der Waals surface area contributed by atoms with Crippen LogP contribution in [0.2, 0.25) is 0 Å². The highest BCUT2D eigenvalue weighted by atomic mass is 32.1. The van der Waals surface area contributed by atoms with Gasteiger partial charge in [0, 0.05) is 34.5 Å². The number of nitro groups is 1. The normalized spacial score (nSPS) is 10.8. The van der Waals surface area contributed by atoms with Crippen LogP contribution >= 0.6 is 11.3 Å². The van der Waals surface area contributed by atoms with E-state index in [9.17, 15) is 14.9 Å². The fraction of sp³-hybridized carbons (Fsp3) is 0.190. The summed E-state index contributed by atoms with van der Waals surface area (Å²) in [5.74, 6) is 0.501. The van der Waals surface area contributed by atoms with Crippen LogP contribution in [0.3, 0.4) is 0 Å². The molecule has 1 amide bonds. The molecule has 0 aliphatic carbocycles. The van der Waals surface area contributed by atoms with E-state index in [-0.39, 0.29) is 16.8 Å². The fourth-order valence-electron chi connectivity index (χ4n) is 3.11. The molecular weight excluding hydrogens is 432 g/mol. The van der Waals surface area contributed by atoms with E-state index in [0.717, 1.165) is 33.8 Å². The third-order valence-corrected chi connectivity index (χ3v) is 6.00. The van der Waals surface area contributed by atoms with Crippen molar-refractivity contribution in [1.29, 1.82) is 0 Å². The number of nitrogens with zero attached hydrogens (tertiary/aromatic N) is 5. The van der Waals surface area contributed by atoms with Crippen LogP contribution in [0.4, 0.5) is 11.5 Å². The van der Waals surface area contributed by atoms with Crippen LogP contribution in [0.25, 0.3) is 22.0 Å². The Bertz CT molecular complexity index is 1310. The van der Waals surface area contributed by atoms with Gasteiger partial charge in [0.2, 0.25) is 0 Å². The molecule has 0 aliphatic rings. The second-order valence-electron chi connectivity index (χ2n) is 6.94. The van der Waals surface area contributed by atoms with E-state index in [4.69, 9.17) is 9.51 Å². The number of rotatable bonds is 6. The van der Waals surface area contributed by atoms with Crippen LogP contribution in [-0.4, -0.2) is 30.9 Å². The van der Waals surface area contributed by atoms with Crippen LogP contribution in [0, 0.1) is 24.0 Å². The SMILES string of the molecule is CCc1sc(-c2cc(C)on2)nc1-c1ccc(NC(=O)c2cncc([N+](=O)[O-])c2C)nc1. The molecule has 162 valence electrons. The molecule has 0 aliphatic heterocycles. The van der Waals surface area contributed by atoms with Gasteiger partial charge in [0.05, 0.1) is 16.2 Å². The zero-order chi connectivity index (χ0) is 22.8. The van der Waals surface area contributed by atoms with Gasteiger partial charge < -0.3 is 9.84 Å². The smallest absolute Gasteiger partial charge is 0.291 e. The fourth-order valence-corrected chi connectivity index (χ4v) is 4.09. The van der Waals surface area contributed by atoms with Crippen molar-refractivity contribution in [3.05, 3.63) is 68.7 Å². The first-order valence-corrected chi connectivity index (χ1v) is 10.5. The maximum Gasteiger partial charge on any atom is 0.291 e. The highest BCUT2D eigenvalue weighted by Gasteiger charge is 2.20. The molecule has 0 unspecified atom stereocenters. The van der Waals surface area contributed by atoms with Crippen molar-refractivity contribution in [3.63, 3.8) is 0 Å². The Morgan fingerprint density at radius 3 is 2.69 bits per heavy atom. The van der Waals surface area contributed by atoms with Crippen LogP contribution in [-0.2, 0) is 6.42 Å². The Morgan fingerprint density at radius 2 is 2.06 bits per heavy atom. The molecule has 0 aromatic carbocycles. The van der Waals surface area contributed by atoms with Crippen molar-refractivity contribution >= 4 is 28.7 Å². The number of nitrogens with one attached hydrogen (secondary N) is 1. The van der Waals surface area contributed by atoms with Crippen molar-refractivity contribution in [1.82, 2.24) is 20.1 Å². The van der Waals surface area contributed by atoms with E-state index >= 15 is 0 Å². The quantitative estimate of drug-likeness (QED) is 0.332. The monoisotopic (exact) mass is 450 g/mol. The zero-order valence-electron chi connectivity index (χ0n) is 17.4. The molecule has 0 atom stereocenters. The molecular formula is C21H18N6O4S. The lowest BCUT2D eigenvalue weighted by Gasteiger charge is -2.07. The minimum absolute atomic E-state index is 0.116. The molecule has 4 aromatic rings. The highest BCUT2D eigenvalue weighted by molar-refractivity contribution is 7.15. The minimum atomic E-state index is -0.569. The standard InChI is InChI=1S/C21H18N6O4S/c1-4-17-19(25-21(32-17)15-7-11(2)31-26-15)13-5-6-18(23-8-13)24-20(28)14-9-22-10-16(12(14)3)27(29)30/h5-10H,4H2,1-3H3,(H,23,24,28). The first kappa shape index (κ1) is 21.2. The third-order valence-electron chi connectivity index (χ3n) is 4.77. The second kappa shape index (κ2) is 8.63. The number of hydrogen-bond donors (Lipinski definition) is 1. The molecule has 32 heavy (non-hydrogen) atoms. The molecule has 10 nitrogen and oxygen atoms in total. The summed E-state index contributed by atoms with van der Waals surface area (Å²) in [7, 11) is 0. The summed E-state index contributed by atoms with van der Waals surface area (Å²) < 4.78 is 5.15. The number of amides is 1. The van der Waals surface area contributed by atoms with E-state index < -0.39 is 10.8 Å². The molecule has 0 radical (unpaired) electrons. The maximum absolute atomic E-state index is 12.6. The molecule has 0 spiro atoms. The van der Waals surface area contributed by atoms with Gasteiger partial charge in [-0.1, -0.05) is 12.1 Å². The summed E-state index contributed by atoms with van der Waals surface area (Å²) in [4.78, 5) is 37.0. The van der Waals surface area contributed by atoms with Crippen molar-refractivity contribution in [3.8, 4) is 22.0 Å². The summed E-state index contributed by atoms with van der Waals surface area (Å²) in [5.41, 5.74) is 2.43. The molecule has 4 rings (SSSR count). The van der Waals surface area contributed by atoms with Crippen molar-refractivity contribution in [2.24, 2.45) is 0 Å². The Labute approximate surface area is 186 Å². The third kappa shape index (κ3) is 4.10. The molecule has 0 saturated heterocycles. The number of aryl methyl sites for hydroxylation is 2. The Hall–Kier alpha value is -3.99. The van der Waals surface area contributed by atoms with E-state index in [1.807, 2.05) is 26.0 Å². The van der Waals surface area contributed by atoms with Gasteiger partial charge in [-0.15, -0.1) is 11.3 Å². The number of anilines is 1. The molecule has 0 fully saturated rings. The average molecular weight is 450 g/mol. The largest absolute Gasteiger partial charge is 0.361 e. The zero-order valence-corrected chi connectivity index (χ0v) is 18.3. The topological polar surface area (TPSA) is 137 Å². The predicted octanol–water partition coefficient (Wildman–Crippen LogP) is 4.59. The lowest BCUT2D eigenvalue weighted by atomic mass is 10.1. The summed E-state index contributed by atoms with van der Waals surface area (Å²) in [6, 6.07) is 5.31. The Kier molecular flexibility index (Phi) is 5.73. The first-order chi connectivity index (χ1) is 15.4. The number of aromatic nitrogens is 4. The molecule has 11 heteroatoms. The van der Waals surface area contributed by atoms with Gasteiger partial charge >= 0.3 is 0 Å². The van der Waals surface area contributed by atoms with Gasteiger partial charge in [-0.2, -0.15) is 0 Å². The van der Waals surface area contributed by atoms with Gasteiger partial charge in [-0.05, 0) is 32.4 Å². The van der Waals surface area contributed by atoms with Crippen molar-refractivity contribution in [2.75, 3.05) is 5.32 Å². The average Bonchev–Trinajstić information content (AvgIpc) is 3.40. The summed E-state index contributed by atoms with van der Waals surface area (Å²) in [6.45, 7) is 5.38. The Balaban J connectivity index is 1.57. The van der Waals surface area contributed by atoms with Gasteiger partial charge in [0.1, 0.15) is 28.5 Å². The van der Waals surface area contributed by atoms with Gasteiger partial charge in [-0.3, -0.25) is 19.9 Å². The molecule has 4 heterocycles. The highest BCUT2D eigenvalue weighted by Crippen LogP contribution is 2.34. The molecule has 4 aromatic heterocycles. The lowest BCUT2D eigenvalue weighted by molar-refractivity contribution is -0.385. The van der Waals surface area contributed by atoms with Crippen LogP contribution in [0.15, 0.2) is 41.3 Å². The van der Waals surface area contributed by atoms with E-state index in [0.29, 0.717) is 17.3 Å². The molecule has 1 N–H and O–H groups in total. The molecule has 0 bridgehead atoms. The maximum atomic E-state index is 12.6. The van der Waals surface area contributed by atoms with Gasteiger partial charge in [0.25, 0.3) is 11.6 Å². The Morgan fingerprint density at radius 1 is 1.25 bits per heavy atom. The summed E-state index contributed by atoms with van der Waals surface area (Å²) >= 11 is 1.55. The van der Waals surface area contributed by atoms with Crippen LogP contribution < -0.4 is 5.32 Å². The minimum Gasteiger partial charge on any atom is -0.361 e. The first-order valence-electron chi connectivity index (χ1n) is 9.67. The van der Waals surface area contributed by atoms with Crippen molar-refractivity contribution in [2.45, 2.75) is 27.2 Å². The second-order valence-corrected chi connectivity index (χ2v) is 8.03. The van der Waals surface area contributed by atoms with Crippen LogP contribution in [0.5, 0.6) is 0 Å². The molecule has 0 saturated carbocycles. The number of carbonyl (C=O) groups excluding carboxylic acids is 1. The van der Waals surface area contributed by atoms with E-state index in [1.165, 1.54) is 13.1 Å². The number of pyridine rings is 2. The lowest BCUT2D eigenvalue weighted by Crippen LogP contribution is -2.15. The van der Waals surface area contributed by atoms with E-state index in [1.54, 1.807) is 23.6 Å². The van der Waals surface area contributed by atoms with Crippen LogP contribution in [0.1, 0.15) is 33.5 Å². The van der Waals surface area contributed by atoms with Gasteiger partial charge in [0.15, 0.2) is 0 Å². The van der Waals surface area contributed by atoms with E-state index in [2.05, 4.69) is 20.4 Å². The summed E-state index contributed by atoms with van der Waals surface area (Å²) in [6.07, 6.45) is 4.83.